The topological polar surface area (TPSA) is 95.6 Å². The fourth-order valence-electron chi connectivity index (χ4n) is 3.06. The van der Waals surface area contributed by atoms with Crippen molar-refractivity contribution < 1.29 is 0 Å². The largest absolute Gasteiger partial charge is 0.399 e. The van der Waals surface area contributed by atoms with Crippen LogP contribution in [0.3, 0.4) is 0 Å². The van der Waals surface area contributed by atoms with Crippen molar-refractivity contribution in [1.82, 2.24) is 20.2 Å². The third kappa shape index (κ3) is 2.45. The molecule has 1 aromatic carbocycles. The van der Waals surface area contributed by atoms with Gasteiger partial charge in [0.05, 0.1) is 6.04 Å². The molecule has 0 aliphatic heterocycles. The molecule has 20 heavy (non-hydrogen) atoms. The third-order valence-electron chi connectivity index (χ3n) is 3.98. The second-order valence-corrected chi connectivity index (χ2v) is 5.76. The Morgan fingerprint density at radius 3 is 2.60 bits per heavy atom. The zero-order valence-corrected chi connectivity index (χ0v) is 11.7. The van der Waals surface area contributed by atoms with E-state index in [9.17, 15) is 0 Å². The lowest BCUT2D eigenvalue weighted by Crippen LogP contribution is -2.19. The summed E-state index contributed by atoms with van der Waals surface area (Å²) >= 11 is 0. The van der Waals surface area contributed by atoms with Gasteiger partial charge in [0.2, 0.25) is 0 Å². The van der Waals surface area contributed by atoms with Crippen LogP contribution in [0.1, 0.15) is 38.6 Å². The maximum atomic E-state index is 5.86. The summed E-state index contributed by atoms with van der Waals surface area (Å²) in [6.45, 7) is 2.29. The molecule has 0 spiro atoms. The summed E-state index contributed by atoms with van der Waals surface area (Å²) < 4.78 is 1.93. The smallest absolute Gasteiger partial charge is 0.182 e. The van der Waals surface area contributed by atoms with Crippen LogP contribution in [0.15, 0.2) is 18.2 Å². The van der Waals surface area contributed by atoms with Gasteiger partial charge in [0.1, 0.15) is 0 Å². The quantitative estimate of drug-likeness (QED) is 0.817. The Hall–Kier alpha value is -2.11. The van der Waals surface area contributed by atoms with E-state index >= 15 is 0 Å². The molecule has 0 bridgehead atoms. The number of hydrogen-bond acceptors (Lipinski definition) is 5. The number of benzene rings is 1. The summed E-state index contributed by atoms with van der Waals surface area (Å²) in [6, 6.07) is 5.84. The molecule has 0 radical (unpaired) electrons. The highest BCUT2D eigenvalue weighted by Gasteiger charge is 2.24. The Balaban J connectivity index is 1.97. The van der Waals surface area contributed by atoms with Gasteiger partial charge in [0.15, 0.2) is 5.82 Å². The van der Waals surface area contributed by atoms with Crippen LogP contribution in [0.25, 0.3) is 11.4 Å². The number of nitrogens with zero attached hydrogens (tertiary/aromatic N) is 4. The van der Waals surface area contributed by atoms with Gasteiger partial charge in [0.25, 0.3) is 0 Å². The lowest BCUT2D eigenvalue weighted by Gasteiger charge is -2.27. The predicted octanol–water partition coefficient (Wildman–Crippen LogP) is 2.26. The standard InChI is InChI=1S/C14H20N6/c1-9-3-2-4-13(5-9)20-14(17-18-19-20)10-6-11(15)8-12(16)7-10/h6-9,13H,2-5,15-16H2,1H3. The molecule has 2 aromatic rings. The third-order valence-corrected chi connectivity index (χ3v) is 3.98. The van der Waals surface area contributed by atoms with Crippen molar-refractivity contribution in [2.45, 2.75) is 38.6 Å². The molecule has 2 unspecified atom stereocenters. The first kappa shape index (κ1) is 12.9. The van der Waals surface area contributed by atoms with Crippen molar-refractivity contribution in [2.75, 3.05) is 11.5 Å². The zero-order valence-electron chi connectivity index (χ0n) is 11.7. The van der Waals surface area contributed by atoms with Crippen LogP contribution in [0.4, 0.5) is 11.4 Å². The lowest BCUT2D eigenvalue weighted by atomic mass is 9.87. The molecule has 106 valence electrons. The van der Waals surface area contributed by atoms with E-state index in [2.05, 4.69) is 22.4 Å². The van der Waals surface area contributed by atoms with Crippen LogP contribution in [-0.2, 0) is 0 Å². The number of nitrogens with two attached hydrogens (primary N) is 2. The van der Waals surface area contributed by atoms with E-state index < -0.39 is 0 Å². The van der Waals surface area contributed by atoms with Gasteiger partial charge in [-0.1, -0.05) is 19.8 Å². The molecule has 1 saturated carbocycles. The van der Waals surface area contributed by atoms with Crippen molar-refractivity contribution in [3.8, 4) is 11.4 Å². The van der Waals surface area contributed by atoms with Crippen molar-refractivity contribution >= 4 is 11.4 Å². The molecule has 0 amide bonds. The number of nitrogen functional groups attached to an aromatic ring is 2. The molecule has 0 saturated heterocycles. The predicted molar refractivity (Wildman–Crippen MR) is 78.7 cm³/mol. The van der Waals surface area contributed by atoms with E-state index in [4.69, 9.17) is 11.5 Å². The summed E-state index contributed by atoms with van der Waals surface area (Å²) in [5.74, 6) is 1.47. The van der Waals surface area contributed by atoms with E-state index in [1.54, 1.807) is 6.07 Å². The minimum atomic E-state index is 0.367. The Kier molecular flexibility index (Phi) is 3.30. The van der Waals surface area contributed by atoms with E-state index in [0.717, 1.165) is 30.1 Å². The van der Waals surface area contributed by atoms with Gasteiger partial charge in [-0.2, -0.15) is 0 Å². The average Bonchev–Trinajstić information content (AvgIpc) is 2.86. The molecule has 1 fully saturated rings. The second kappa shape index (κ2) is 5.11. The first-order valence-corrected chi connectivity index (χ1v) is 7.08. The number of tetrazole rings is 1. The highest BCUT2D eigenvalue weighted by molar-refractivity contribution is 5.67. The minimum Gasteiger partial charge on any atom is -0.399 e. The fourth-order valence-corrected chi connectivity index (χ4v) is 3.06. The molecule has 1 aliphatic rings. The van der Waals surface area contributed by atoms with Crippen molar-refractivity contribution in [1.29, 1.82) is 0 Å². The first-order valence-electron chi connectivity index (χ1n) is 7.08. The number of anilines is 2. The van der Waals surface area contributed by atoms with E-state index in [1.165, 1.54) is 12.8 Å². The highest BCUT2D eigenvalue weighted by Crippen LogP contribution is 2.34. The lowest BCUT2D eigenvalue weighted by molar-refractivity contribution is 0.265. The summed E-state index contributed by atoms with van der Waals surface area (Å²) in [7, 11) is 0. The molecule has 3 rings (SSSR count). The Morgan fingerprint density at radius 1 is 1.15 bits per heavy atom. The molecule has 6 heteroatoms. The van der Waals surface area contributed by atoms with E-state index in [0.29, 0.717) is 17.4 Å². The normalized spacial score (nSPS) is 22.9. The number of hydrogen-bond donors (Lipinski definition) is 2. The molecule has 6 nitrogen and oxygen atoms in total. The molecule has 1 heterocycles. The monoisotopic (exact) mass is 272 g/mol. The van der Waals surface area contributed by atoms with Crippen LogP contribution in [0, 0.1) is 5.92 Å². The van der Waals surface area contributed by atoms with Gasteiger partial charge < -0.3 is 11.5 Å². The summed E-state index contributed by atoms with van der Waals surface area (Å²) in [4.78, 5) is 0. The highest BCUT2D eigenvalue weighted by atomic mass is 15.5. The van der Waals surface area contributed by atoms with Gasteiger partial charge in [-0.05, 0) is 47.4 Å². The maximum absolute atomic E-state index is 5.86. The Bertz CT molecular complexity index is 585. The van der Waals surface area contributed by atoms with Crippen LogP contribution in [0.2, 0.25) is 0 Å². The van der Waals surface area contributed by atoms with Crippen molar-refractivity contribution in [2.24, 2.45) is 5.92 Å². The minimum absolute atomic E-state index is 0.367. The average molecular weight is 272 g/mol. The summed E-state index contributed by atoms with van der Waals surface area (Å²) in [6.07, 6.45) is 4.76. The van der Waals surface area contributed by atoms with Crippen molar-refractivity contribution in [3.63, 3.8) is 0 Å². The SMILES string of the molecule is CC1CCCC(n2nnnc2-c2cc(N)cc(N)c2)C1. The van der Waals surface area contributed by atoms with Gasteiger partial charge in [-0.3, -0.25) is 0 Å². The molecule has 2 atom stereocenters. The molecular formula is C14H20N6. The Labute approximate surface area is 118 Å². The van der Waals surface area contributed by atoms with Gasteiger partial charge in [-0.25, -0.2) is 4.68 Å². The molecule has 1 aliphatic carbocycles. The van der Waals surface area contributed by atoms with Gasteiger partial charge >= 0.3 is 0 Å². The second-order valence-electron chi connectivity index (χ2n) is 5.76. The summed E-state index contributed by atoms with van der Waals surface area (Å²) in [5.41, 5.74) is 13.9. The van der Waals surface area contributed by atoms with Crippen LogP contribution < -0.4 is 11.5 Å². The fraction of sp³-hybridized carbons (Fsp3) is 0.500. The summed E-state index contributed by atoms with van der Waals surface area (Å²) in [5, 5.41) is 12.2. The van der Waals surface area contributed by atoms with E-state index in [1.807, 2.05) is 16.8 Å². The van der Waals surface area contributed by atoms with Gasteiger partial charge in [-0.15, -0.1) is 5.10 Å². The van der Waals surface area contributed by atoms with Gasteiger partial charge in [0, 0.05) is 16.9 Å². The molecule has 4 N–H and O–H groups in total. The van der Waals surface area contributed by atoms with E-state index in [-0.39, 0.29) is 0 Å². The Morgan fingerprint density at radius 2 is 1.90 bits per heavy atom. The molecule has 1 aromatic heterocycles. The molecular weight excluding hydrogens is 252 g/mol. The number of aromatic nitrogens is 4. The number of rotatable bonds is 2. The first-order chi connectivity index (χ1) is 9.63. The van der Waals surface area contributed by atoms with Crippen LogP contribution in [-0.4, -0.2) is 20.2 Å². The maximum Gasteiger partial charge on any atom is 0.182 e. The van der Waals surface area contributed by atoms with Crippen LogP contribution in [0.5, 0.6) is 0 Å². The zero-order chi connectivity index (χ0) is 14.1. The van der Waals surface area contributed by atoms with Crippen LogP contribution >= 0.6 is 0 Å². The van der Waals surface area contributed by atoms with Crippen molar-refractivity contribution in [3.05, 3.63) is 18.2 Å².